The van der Waals surface area contributed by atoms with Gasteiger partial charge in [0.2, 0.25) is 0 Å². The molecule has 0 aliphatic carbocycles. The van der Waals surface area contributed by atoms with Crippen LogP contribution >= 0.6 is 0 Å². The molecule has 0 N–H and O–H groups in total. The molecule has 8 heteroatoms. The summed E-state index contributed by atoms with van der Waals surface area (Å²) >= 11 is 0. The minimum Gasteiger partial charge on any atom is -0.493 e. The Morgan fingerprint density at radius 1 is 1.07 bits per heavy atom. The van der Waals surface area contributed by atoms with E-state index in [1.807, 2.05) is 6.92 Å². The number of rotatable bonds is 5. The number of nitrogens with zero attached hydrogens (tertiary/aromatic N) is 5. The number of hydrogen-bond donors (Lipinski definition) is 0. The van der Waals surface area contributed by atoms with Crippen LogP contribution in [0.3, 0.4) is 0 Å². The normalized spacial score (nSPS) is 12.9. The molecule has 1 aliphatic rings. The van der Waals surface area contributed by atoms with Crippen LogP contribution < -0.4 is 4.74 Å². The SMILES string of the molecule is CCc1cc(F)c(-c2cnc(CCc3c(F)ccc4c3CCO4)n3cnnc23)cn1. The molecule has 0 bridgehead atoms. The fraction of sp³-hybridized carbons (Fsp3) is 0.273. The Kier molecular flexibility index (Phi) is 4.61. The zero-order chi connectivity index (χ0) is 20.7. The maximum Gasteiger partial charge on any atom is 0.171 e. The summed E-state index contributed by atoms with van der Waals surface area (Å²) in [4.78, 5) is 8.80. The van der Waals surface area contributed by atoms with Crippen molar-refractivity contribution in [2.24, 2.45) is 0 Å². The van der Waals surface area contributed by atoms with Gasteiger partial charge in [-0.25, -0.2) is 13.8 Å². The quantitative estimate of drug-likeness (QED) is 0.504. The van der Waals surface area contributed by atoms with Crippen molar-refractivity contribution in [2.45, 2.75) is 32.6 Å². The van der Waals surface area contributed by atoms with E-state index in [-0.39, 0.29) is 11.6 Å². The first kappa shape index (κ1) is 18.6. The zero-order valence-corrected chi connectivity index (χ0v) is 16.4. The highest BCUT2D eigenvalue weighted by Crippen LogP contribution is 2.31. The van der Waals surface area contributed by atoms with Crippen LogP contribution in [0.15, 0.2) is 36.9 Å². The Morgan fingerprint density at radius 3 is 2.77 bits per heavy atom. The average molecular weight is 407 g/mol. The van der Waals surface area contributed by atoms with Gasteiger partial charge in [0, 0.05) is 47.6 Å². The Bertz CT molecular complexity index is 1250. The molecule has 1 aliphatic heterocycles. The van der Waals surface area contributed by atoms with Crippen molar-refractivity contribution in [1.29, 1.82) is 0 Å². The molecule has 0 saturated heterocycles. The summed E-state index contributed by atoms with van der Waals surface area (Å²) in [7, 11) is 0. The summed E-state index contributed by atoms with van der Waals surface area (Å²) in [6.45, 7) is 2.50. The largest absolute Gasteiger partial charge is 0.493 e. The minimum atomic E-state index is -0.372. The lowest BCUT2D eigenvalue weighted by Gasteiger charge is -2.11. The highest BCUT2D eigenvalue weighted by molar-refractivity contribution is 5.76. The molecule has 4 aromatic rings. The lowest BCUT2D eigenvalue weighted by atomic mass is 10.00. The summed E-state index contributed by atoms with van der Waals surface area (Å²) in [5, 5.41) is 8.13. The van der Waals surface area contributed by atoms with Gasteiger partial charge in [-0.3, -0.25) is 9.38 Å². The third kappa shape index (κ3) is 3.08. The molecule has 0 spiro atoms. The molecule has 0 saturated carbocycles. The molecule has 6 nitrogen and oxygen atoms in total. The molecule has 1 aromatic carbocycles. The maximum absolute atomic E-state index is 14.6. The number of halogens is 2. The van der Waals surface area contributed by atoms with E-state index < -0.39 is 0 Å². The molecule has 0 radical (unpaired) electrons. The van der Waals surface area contributed by atoms with Gasteiger partial charge in [-0.15, -0.1) is 10.2 Å². The van der Waals surface area contributed by atoms with Crippen LogP contribution in [0.25, 0.3) is 16.8 Å². The topological polar surface area (TPSA) is 65.2 Å². The monoisotopic (exact) mass is 407 g/mol. The van der Waals surface area contributed by atoms with Crippen molar-refractivity contribution in [2.75, 3.05) is 6.61 Å². The number of aryl methyl sites for hydroxylation is 2. The Labute approximate surface area is 171 Å². The Hall–Kier alpha value is -3.42. The van der Waals surface area contributed by atoms with Crippen molar-refractivity contribution in [3.63, 3.8) is 0 Å². The number of hydrogen-bond acceptors (Lipinski definition) is 5. The smallest absolute Gasteiger partial charge is 0.171 e. The van der Waals surface area contributed by atoms with E-state index in [0.29, 0.717) is 66.1 Å². The van der Waals surface area contributed by atoms with Crippen LogP contribution in [0.1, 0.15) is 29.6 Å². The van der Waals surface area contributed by atoms with Gasteiger partial charge in [-0.05, 0) is 36.6 Å². The van der Waals surface area contributed by atoms with Crippen molar-refractivity contribution >= 4 is 5.65 Å². The minimum absolute atomic E-state index is 0.236. The molecule has 0 atom stereocenters. The second-order valence-corrected chi connectivity index (χ2v) is 7.22. The Morgan fingerprint density at radius 2 is 1.93 bits per heavy atom. The fourth-order valence-corrected chi connectivity index (χ4v) is 3.93. The third-order valence-electron chi connectivity index (χ3n) is 5.51. The summed E-state index contributed by atoms with van der Waals surface area (Å²) in [5.41, 5.74) is 3.60. The van der Waals surface area contributed by atoms with Gasteiger partial charge < -0.3 is 4.74 Å². The van der Waals surface area contributed by atoms with Crippen LogP contribution in [0.4, 0.5) is 8.78 Å². The maximum atomic E-state index is 14.6. The number of pyridine rings is 1. The van der Waals surface area contributed by atoms with Crippen LogP contribution in [-0.2, 0) is 25.7 Å². The summed E-state index contributed by atoms with van der Waals surface area (Å²) < 4.78 is 36.3. The van der Waals surface area contributed by atoms with Crippen molar-refractivity contribution in [3.05, 3.63) is 71.2 Å². The highest BCUT2D eigenvalue weighted by Gasteiger charge is 2.20. The van der Waals surface area contributed by atoms with Crippen LogP contribution in [0.2, 0.25) is 0 Å². The number of aromatic nitrogens is 5. The lowest BCUT2D eigenvalue weighted by molar-refractivity contribution is 0.356. The molecular formula is C22H19F2N5O. The average Bonchev–Trinajstić information content (AvgIpc) is 3.43. The molecule has 4 heterocycles. The summed E-state index contributed by atoms with van der Waals surface area (Å²) in [6.07, 6.45) is 6.94. The first-order valence-corrected chi connectivity index (χ1v) is 9.91. The van der Waals surface area contributed by atoms with E-state index in [4.69, 9.17) is 4.74 Å². The van der Waals surface area contributed by atoms with Crippen molar-refractivity contribution in [1.82, 2.24) is 24.6 Å². The van der Waals surface area contributed by atoms with Gasteiger partial charge in [0.05, 0.1) is 6.61 Å². The van der Waals surface area contributed by atoms with Crippen molar-refractivity contribution in [3.8, 4) is 16.9 Å². The molecule has 152 valence electrons. The summed E-state index contributed by atoms with van der Waals surface area (Å²) in [5.74, 6) is 0.819. The molecule has 0 fully saturated rings. The van der Waals surface area contributed by atoms with Gasteiger partial charge >= 0.3 is 0 Å². The standard InChI is InChI=1S/C22H19F2N5O/c1-2-13-9-19(24)16(10-25-13)17-11-26-21(29-12-27-28-22(17)29)6-3-14-15-7-8-30-20(15)5-4-18(14)23/h4-5,9-12H,2-3,6-8H2,1H3. The summed E-state index contributed by atoms with van der Waals surface area (Å²) in [6, 6.07) is 4.55. The first-order chi connectivity index (χ1) is 14.7. The number of fused-ring (bicyclic) bond motifs is 2. The highest BCUT2D eigenvalue weighted by atomic mass is 19.1. The number of ether oxygens (including phenoxy) is 1. The predicted molar refractivity (Wildman–Crippen MR) is 106 cm³/mol. The molecule has 5 rings (SSSR count). The zero-order valence-electron chi connectivity index (χ0n) is 16.4. The second-order valence-electron chi connectivity index (χ2n) is 7.22. The number of benzene rings is 1. The van der Waals surface area contributed by atoms with Crippen LogP contribution in [0.5, 0.6) is 5.75 Å². The molecule has 0 unspecified atom stereocenters. The van der Waals surface area contributed by atoms with Gasteiger partial charge in [0.1, 0.15) is 29.5 Å². The van der Waals surface area contributed by atoms with E-state index in [9.17, 15) is 8.78 Å². The lowest BCUT2D eigenvalue weighted by Crippen LogP contribution is -2.06. The fourth-order valence-electron chi connectivity index (χ4n) is 3.93. The second kappa shape index (κ2) is 7.44. The van der Waals surface area contributed by atoms with Gasteiger partial charge in [0.25, 0.3) is 0 Å². The third-order valence-corrected chi connectivity index (χ3v) is 5.51. The van der Waals surface area contributed by atoms with Crippen LogP contribution in [-0.4, -0.2) is 31.2 Å². The van der Waals surface area contributed by atoms with Gasteiger partial charge in [0.15, 0.2) is 5.65 Å². The molecule has 0 amide bonds. The van der Waals surface area contributed by atoms with E-state index in [2.05, 4.69) is 20.2 Å². The van der Waals surface area contributed by atoms with E-state index >= 15 is 0 Å². The van der Waals surface area contributed by atoms with Gasteiger partial charge in [-0.1, -0.05) is 6.92 Å². The molecule has 3 aromatic heterocycles. The van der Waals surface area contributed by atoms with E-state index in [1.54, 1.807) is 23.0 Å². The Balaban J connectivity index is 1.49. The van der Waals surface area contributed by atoms with Crippen molar-refractivity contribution < 1.29 is 13.5 Å². The van der Waals surface area contributed by atoms with E-state index in [1.165, 1.54) is 18.3 Å². The predicted octanol–water partition coefficient (Wildman–Crippen LogP) is 3.75. The van der Waals surface area contributed by atoms with Gasteiger partial charge in [-0.2, -0.15) is 0 Å². The van der Waals surface area contributed by atoms with E-state index in [0.717, 1.165) is 11.3 Å². The first-order valence-electron chi connectivity index (χ1n) is 9.91. The molecule has 30 heavy (non-hydrogen) atoms. The van der Waals surface area contributed by atoms with Crippen LogP contribution in [0, 0.1) is 11.6 Å². The molecular weight excluding hydrogens is 388 g/mol.